The Kier molecular flexibility index (Phi) is 6.44. The molecule has 0 bridgehead atoms. The van der Waals surface area contributed by atoms with E-state index in [1.54, 1.807) is 31.5 Å². The highest BCUT2D eigenvalue weighted by molar-refractivity contribution is 6.31. The molecule has 2 aromatic carbocycles. The van der Waals surface area contributed by atoms with Crippen molar-refractivity contribution in [3.8, 4) is 5.75 Å². The molecule has 0 aliphatic carbocycles. The number of nitrogens with zero attached hydrogens (tertiary/aromatic N) is 2. The lowest BCUT2D eigenvalue weighted by Gasteiger charge is -2.12. The van der Waals surface area contributed by atoms with E-state index in [9.17, 15) is 4.79 Å². The number of fused-ring (bicyclic) bond motifs is 2. The zero-order valence-electron chi connectivity index (χ0n) is 17.6. The Bertz CT molecular complexity index is 1440. The summed E-state index contributed by atoms with van der Waals surface area (Å²) in [5.74, 6) is 0.530. The lowest BCUT2D eigenvalue weighted by Crippen LogP contribution is -2.20. The Morgan fingerprint density at radius 2 is 1.94 bits per heavy atom. The molecule has 2 amide bonds. The number of nitrogens with one attached hydrogen (secondary N) is 3. The Morgan fingerprint density at radius 3 is 2.79 bits per heavy atom. The van der Waals surface area contributed by atoms with Crippen LogP contribution in [0.15, 0.2) is 73.2 Å². The van der Waals surface area contributed by atoms with Gasteiger partial charge in [0.2, 0.25) is 0 Å². The molecule has 5 aromatic rings. The van der Waals surface area contributed by atoms with Crippen LogP contribution in [0.1, 0.15) is 5.56 Å². The van der Waals surface area contributed by atoms with Crippen LogP contribution in [-0.2, 0) is 6.54 Å². The highest BCUT2D eigenvalue weighted by atomic mass is 35.5. The predicted octanol–water partition coefficient (Wildman–Crippen LogP) is 6.29. The van der Waals surface area contributed by atoms with Gasteiger partial charge in [-0.3, -0.25) is 0 Å². The van der Waals surface area contributed by atoms with Crippen LogP contribution in [0.5, 0.6) is 5.75 Å². The summed E-state index contributed by atoms with van der Waals surface area (Å²) in [6, 6.07) is 16.6. The van der Waals surface area contributed by atoms with E-state index in [4.69, 9.17) is 16.3 Å². The molecule has 0 atom stereocenters. The van der Waals surface area contributed by atoms with Crippen molar-refractivity contribution in [3.05, 3.63) is 83.8 Å². The molecule has 9 heteroatoms. The smallest absolute Gasteiger partial charge is 0.323 e. The summed E-state index contributed by atoms with van der Waals surface area (Å²) in [7, 11) is 1.54. The monoisotopic (exact) mass is 481 g/mol. The van der Waals surface area contributed by atoms with Crippen LogP contribution in [-0.4, -0.2) is 27.7 Å². The number of amides is 2. The number of hydrogen-bond donors (Lipinski definition) is 3. The summed E-state index contributed by atoms with van der Waals surface area (Å²) in [4.78, 5) is 20.2. The molecule has 0 fully saturated rings. The van der Waals surface area contributed by atoms with Crippen molar-refractivity contribution >= 4 is 63.4 Å². The van der Waals surface area contributed by atoms with Gasteiger partial charge in [-0.15, -0.1) is 12.4 Å². The highest BCUT2D eigenvalue weighted by Gasteiger charge is 2.12. The van der Waals surface area contributed by atoms with Crippen molar-refractivity contribution in [2.24, 2.45) is 0 Å². The third kappa shape index (κ3) is 4.46. The van der Waals surface area contributed by atoms with Gasteiger partial charge in [0, 0.05) is 40.9 Å². The van der Waals surface area contributed by atoms with E-state index < -0.39 is 0 Å². The first-order chi connectivity index (χ1) is 15.6. The molecule has 168 valence electrons. The van der Waals surface area contributed by atoms with Crippen LogP contribution in [0.3, 0.4) is 0 Å². The minimum absolute atomic E-state index is 0. The number of halogens is 2. The van der Waals surface area contributed by atoms with Crippen molar-refractivity contribution in [1.82, 2.24) is 14.5 Å². The fraction of sp³-hybridized carbons (Fsp3) is 0.0833. The summed E-state index contributed by atoms with van der Waals surface area (Å²) in [5, 5.41) is 8.28. The normalized spacial score (nSPS) is 10.7. The average Bonchev–Trinajstić information content (AvgIpc) is 3.42. The molecule has 3 aromatic heterocycles. The second-order valence-electron chi connectivity index (χ2n) is 7.32. The predicted molar refractivity (Wildman–Crippen MR) is 135 cm³/mol. The lowest BCUT2D eigenvalue weighted by molar-refractivity contribution is 0.262. The number of urea groups is 1. The minimum Gasteiger partial charge on any atom is -0.495 e. The van der Waals surface area contributed by atoms with Gasteiger partial charge in [0.15, 0.2) is 0 Å². The first kappa shape index (κ1) is 22.5. The number of ether oxygens (including phenoxy) is 1. The Labute approximate surface area is 201 Å². The van der Waals surface area contributed by atoms with Crippen molar-refractivity contribution < 1.29 is 9.53 Å². The fourth-order valence-electron chi connectivity index (χ4n) is 3.86. The molecule has 0 spiro atoms. The van der Waals surface area contributed by atoms with Gasteiger partial charge in [-0.2, -0.15) is 0 Å². The van der Waals surface area contributed by atoms with E-state index in [2.05, 4.69) is 25.2 Å². The number of aromatic amines is 1. The average molecular weight is 482 g/mol. The number of carbonyl (C=O) groups excluding carboxylic acids is 1. The van der Waals surface area contributed by atoms with E-state index in [1.807, 2.05) is 48.8 Å². The number of benzene rings is 2. The molecule has 0 aliphatic heterocycles. The summed E-state index contributed by atoms with van der Waals surface area (Å²) in [6.07, 6.45) is 5.72. The molecule has 0 saturated heterocycles. The molecule has 33 heavy (non-hydrogen) atoms. The Balaban J connectivity index is 0.00000259. The lowest BCUT2D eigenvalue weighted by atomic mass is 10.2. The molecule has 3 N–H and O–H groups in total. The number of methoxy groups -OCH3 is 1. The van der Waals surface area contributed by atoms with Gasteiger partial charge in [0.05, 0.1) is 24.0 Å². The number of anilines is 2. The zero-order chi connectivity index (χ0) is 22.1. The molecule has 0 unspecified atom stereocenters. The van der Waals surface area contributed by atoms with Crippen molar-refractivity contribution in [2.45, 2.75) is 6.54 Å². The minimum atomic E-state index is -0.381. The van der Waals surface area contributed by atoms with Crippen molar-refractivity contribution in [2.75, 3.05) is 17.7 Å². The first-order valence-corrected chi connectivity index (χ1v) is 10.4. The largest absolute Gasteiger partial charge is 0.495 e. The molecule has 0 saturated carbocycles. The molecule has 7 nitrogen and oxygen atoms in total. The fourth-order valence-corrected chi connectivity index (χ4v) is 4.04. The number of aromatic nitrogens is 3. The molecule has 5 rings (SSSR count). The summed E-state index contributed by atoms with van der Waals surface area (Å²) in [5.41, 5.74) is 4.26. The van der Waals surface area contributed by atoms with Crippen LogP contribution >= 0.6 is 24.0 Å². The molecular formula is C24H21Cl2N5O2. The highest BCUT2D eigenvalue weighted by Crippen LogP contribution is 2.29. The Morgan fingerprint density at radius 1 is 1.09 bits per heavy atom. The van der Waals surface area contributed by atoms with E-state index in [-0.39, 0.29) is 18.4 Å². The number of H-pyrrole nitrogens is 1. The van der Waals surface area contributed by atoms with Crippen molar-refractivity contribution in [1.29, 1.82) is 0 Å². The topological polar surface area (TPSA) is 84.0 Å². The maximum absolute atomic E-state index is 12.7. The van der Waals surface area contributed by atoms with Gasteiger partial charge >= 0.3 is 6.03 Å². The SMILES string of the molecule is COc1ccc(Cl)cc1NC(=O)Nc1cccc2c1ccn2Cc1ccnc2[nH]ccc12.Cl. The van der Waals surface area contributed by atoms with Gasteiger partial charge in [0.25, 0.3) is 0 Å². The number of hydrogen-bond acceptors (Lipinski definition) is 3. The third-order valence-electron chi connectivity index (χ3n) is 5.36. The van der Waals surface area contributed by atoms with E-state index in [0.717, 1.165) is 27.5 Å². The second-order valence-corrected chi connectivity index (χ2v) is 7.75. The summed E-state index contributed by atoms with van der Waals surface area (Å²) >= 11 is 6.06. The van der Waals surface area contributed by atoms with Crippen molar-refractivity contribution in [3.63, 3.8) is 0 Å². The first-order valence-electron chi connectivity index (χ1n) is 10.0. The Hall–Kier alpha value is -3.68. The van der Waals surface area contributed by atoms with Crippen LogP contribution < -0.4 is 15.4 Å². The summed E-state index contributed by atoms with van der Waals surface area (Å²) in [6.45, 7) is 0.690. The third-order valence-corrected chi connectivity index (χ3v) is 5.60. The number of pyridine rings is 1. The van der Waals surface area contributed by atoms with E-state index in [1.165, 1.54) is 0 Å². The van der Waals surface area contributed by atoms with Crippen LogP contribution in [0.25, 0.3) is 21.9 Å². The van der Waals surface area contributed by atoms with Gasteiger partial charge in [-0.1, -0.05) is 17.7 Å². The van der Waals surface area contributed by atoms with Gasteiger partial charge < -0.3 is 24.9 Å². The van der Waals surface area contributed by atoms with Crippen LogP contribution in [0.4, 0.5) is 16.2 Å². The maximum atomic E-state index is 12.7. The molecular weight excluding hydrogens is 461 g/mol. The van der Waals surface area contributed by atoms with E-state index in [0.29, 0.717) is 28.7 Å². The number of carbonyl (C=O) groups is 1. The number of rotatable bonds is 5. The van der Waals surface area contributed by atoms with Gasteiger partial charge in [0.1, 0.15) is 11.4 Å². The van der Waals surface area contributed by atoms with Gasteiger partial charge in [-0.05, 0) is 54.1 Å². The quantitative estimate of drug-likeness (QED) is 0.275. The molecule has 0 aliphatic rings. The standard InChI is InChI=1S/C24H20ClN5O2.ClH/c1-32-22-6-5-16(25)13-20(22)29-24(31)28-19-3-2-4-21-18(19)9-12-30(21)14-15-7-10-26-23-17(15)8-11-27-23;/h2-13H,14H2,1H3,(H,26,27)(H2,28,29,31);1H. The summed E-state index contributed by atoms with van der Waals surface area (Å²) < 4.78 is 7.45. The zero-order valence-corrected chi connectivity index (χ0v) is 19.2. The van der Waals surface area contributed by atoms with Crippen LogP contribution in [0.2, 0.25) is 5.02 Å². The molecule has 3 heterocycles. The van der Waals surface area contributed by atoms with Gasteiger partial charge in [-0.25, -0.2) is 9.78 Å². The molecule has 0 radical (unpaired) electrons. The van der Waals surface area contributed by atoms with Crippen LogP contribution in [0, 0.1) is 0 Å². The van der Waals surface area contributed by atoms with E-state index >= 15 is 0 Å². The second kappa shape index (κ2) is 9.44. The maximum Gasteiger partial charge on any atom is 0.323 e.